The minimum atomic E-state index is -0.379. The highest BCUT2D eigenvalue weighted by Gasteiger charge is 2.10. The summed E-state index contributed by atoms with van der Waals surface area (Å²) in [7, 11) is 0. The first kappa shape index (κ1) is 13.2. The largest absolute Gasteiger partial charge is 0.382 e. The van der Waals surface area contributed by atoms with Crippen LogP contribution in [0.15, 0.2) is 16.6 Å². The van der Waals surface area contributed by atoms with E-state index in [1.807, 2.05) is 0 Å². The molecular weight excluding hydrogens is 271 g/mol. The summed E-state index contributed by atoms with van der Waals surface area (Å²) in [5, 5.41) is 10.4. The van der Waals surface area contributed by atoms with Gasteiger partial charge >= 0.3 is 0 Å². The third kappa shape index (κ3) is 3.30. The van der Waals surface area contributed by atoms with Crippen LogP contribution in [-0.4, -0.2) is 12.3 Å². The van der Waals surface area contributed by atoms with E-state index in [-0.39, 0.29) is 11.9 Å². The minimum Gasteiger partial charge on any atom is -0.382 e. The van der Waals surface area contributed by atoms with Crippen LogP contribution in [0.25, 0.3) is 0 Å². The van der Waals surface area contributed by atoms with Gasteiger partial charge in [-0.05, 0) is 25.5 Å². The Morgan fingerprint density at radius 1 is 1.56 bits per heavy atom. The highest BCUT2D eigenvalue weighted by Crippen LogP contribution is 2.24. The molecule has 0 fully saturated rings. The number of rotatable bonds is 5. The van der Waals surface area contributed by atoms with Gasteiger partial charge in [0.1, 0.15) is 5.82 Å². The molecule has 0 saturated carbocycles. The monoisotopic (exact) mass is 286 g/mol. The van der Waals surface area contributed by atoms with Crippen LogP contribution in [0, 0.1) is 11.2 Å². The van der Waals surface area contributed by atoms with Crippen LogP contribution < -0.4 is 5.32 Å². The van der Waals surface area contributed by atoms with Gasteiger partial charge in [-0.2, -0.15) is 0 Å². The van der Waals surface area contributed by atoms with Gasteiger partial charge in [0.25, 0.3) is 0 Å². The average molecular weight is 287 g/mol. The number of hydrogen-bond donors (Lipinski definition) is 2. The molecule has 88 valence electrons. The van der Waals surface area contributed by atoms with Crippen molar-refractivity contribution in [2.75, 3.05) is 5.32 Å². The van der Waals surface area contributed by atoms with Crippen molar-refractivity contribution >= 4 is 27.8 Å². The highest BCUT2D eigenvalue weighted by atomic mass is 79.9. The average Bonchev–Trinajstić information content (AvgIpc) is 2.17. The van der Waals surface area contributed by atoms with E-state index < -0.39 is 0 Å². The minimum absolute atomic E-state index is 0.275. The van der Waals surface area contributed by atoms with Crippen molar-refractivity contribution in [3.8, 4) is 0 Å². The van der Waals surface area contributed by atoms with Gasteiger partial charge < -0.3 is 10.7 Å². The van der Waals surface area contributed by atoms with Crippen LogP contribution in [0.5, 0.6) is 0 Å². The molecule has 0 bridgehead atoms. The lowest BCUT2D eigenvalue weighted by molar-refractivity contribution is 0.624. The molecule has 1 unspecified atom stereocenters. The van der Waals surface area contributed by atoms with Gasteiger partial charge in [0, 0.05) is 22.4 Å². The molecule has 1 aromatic carbocycles. The van der Waals surface area contributed by atoms with Gasteiger partial charge in [-0.15, -0.1) is 0 Å². The van der Waals surface area contributed by atoms with Gasteiger partial charge in [0.05, 0.1) is 5.56 Å². The fourth-order valence-electron chi connectivity index (χ4n) is 1.62. The maximum atomic E-state index is 13.5. The van der Waals surface area contributed by atoms with E-state index in [0.717, 1.165) is 19.1 Å². The number of halogens is 2. The standard InChI is InChI=1S/C12H16BrFN2/c1-3-4-8(2)16-12-6-9(13)5-11(14)10(12)7-15/h5-8,15-16H,3-4H2,1-2H3. The first-order valence-corrected chi connectivity index (χ1v) is 6.13. The van der Waals surface area contributed by atoms with Gasteiger partial charge in [-0.1, -0.05) is 29.3 Å². The highest BCUT2D eigenvalue weighted by molar-refractivity contribution is 9.10. The summed E-state index contributed by atoms with van der Waals surface area (Å²) in [6.07, 6.45) is 3.14. The van der Waals surface area contributed by atoms with E-state index in [4.69, 9.17) is 5.41 Å². The second-order valence-electron chi connectivity index (χ2n) is 3.83. The van der Waals surface area contributed by atoms with Crippen molar-refractivity contribution in [2.45, 2.75) is 32.7 Å². The number of hydrogen-bond acceptors (Lipinski definition) is 2. The lowest BCUT2D eigenvalue weighted by Gasteiger charge is -2.16. The quantitative estimate of drug-likeness (QED) is 0.783. The molecule has 0 aromatic heterocycles. The third-order valence-corrected chi connectivity index (χ3v) is 2.82. The van der Waals surface area contributed by atoms with Crippen LogP contribution in [0.2, 0.25) is 0 Å². The number of anilines is 1. The first-order valence-electron chi connectivity index (χ1n) is 5.34. The topological polar surface area (TPSA) is 35.9 Å². The zero-order valence-corrected chi connectivity index (χ0v) is 11.1. The maximum absolute atomic E-state index is 13.5. The van der Waals surface area contributed by atoms with E-state index in [1.54, 1.807) is 6.07 Å². The van der Waals surface area contributed by atoms with Crippen molar-refractivity contribution in [1.29, 1.82) is 5.41 Å². The summed E-state index contributed by atoms with van der Waals surface area (Å²) >= 11 is 3.25. The molecule has 0 aliphatic heterocycles. The summed E-state index contributed by atoms with van der Waals surface area (Å²) in [6, 6.07) is 3.45. The zero-order valence-electron chi connectivity index (χ0n) is 9.48. The fourth-order valence-corrected chi connectivity index (χ4v) is 2.05. The molecule has 0 heterocycles. The first-order chi connectivity index (χ1) is 7.58. The zero-order chi connectivity index (χ0) is 12.1. The van der Waals surface area contributed by atoms with Crippen molar-refractivity contribution in [2.24, 2.45) is 0 Å². The van der Waals surface area contributed by atoms with E-state index in [1.165, 1.54) is 6.07 Å². The normalized spacial score (nSPS) is 12.2. The van der Waals surface area contributed by atoms with Crippen molar-refractivity contribution in [1.82, 2.24) is 0 Å². The Morgan fingerprint density at radius 2 is 2.25 bits per heavy atom. The molecule has 0 radical (unpaired) electrons. The van der Waals surface area contributed by atoms with E-state index in [0.29, 0.717) is 15.7 Å². The summed E-state index contributed by atoms with van der Waals surface area (Å²) in [6.45, 7) is 4.16. The summed E-state index contributed by atoms with van der Waals surface area (Å²) in [5.41, 5.74) is 0.981. The fraction of sp³-hybridized carbons (Fsp3) is 0.417. The Labute approximate surface area is 104 Å². The lowest BCUT2D eigenvalue weighted by Crippen LogP contribution is -2.16. The molecule has 16 heavy (non-hydrogen) atoms. The predicted molar refractivity (Wildman–Crippen MR) is 70.0 cm³/mol. The van der Waals surface area contributed by atoms with E-state index >= 15 is 0 Å². The Morgan fingerprint density at radius 3 is 2.81 bits per heavy atom. The summed E-state index contributed by atoms with van der Waals surface area (Å²) in [4.78, 5) is 0. The molecule has 0 spiro atoms. The van der Waals surface area contributed by atoms with Crippen molar-refractivity contribution in [3.63, 3.8) is 0 Å². The number of benzene rings is 1. The second kappa shape index (κ2) is 5.99. The molecule has 0 aliphatic rings. The smallest absolute Gasteiger partial charge is 0.135 e. The number of nitrogens with one attached hydrogen (secondary N) is 2. The van der Waals surface area contributed by atoms with Crippen LogP contribution in [0.4, 0.5) is 10.1 Å². The van der Waals surface area contributed by atoms with Gasteiger partial charge in [0.15, 0.2) is 0 Å². The van der Waals surface area contributed by atoms with E-state index in [2.05, 4.69) is 35.1 Å². The van der Waals surface area contributed by atoms with Crippen molar-refractivity contribution in [3.05, 3.63) is 28.0 Å². The Kier molecular flexibility index (Phi) is 4.93. The Balaban J connectivity index is 2.97. The Bertz CT molecular complexity index is 380. The molecule has 2 nitrogen and oxygen atoms in total. The molecule has 2 N–H and O–H groups in total. The van der Waals surface area contributed by atoms with Gasteiger partial charge in [-0.3, -0.25) is 0 Å². The molecule has 4 heteroatoms. The van der Waals surface area contributed by atoms with E-state index in [9.17, 15) is 4.39 Å². The molecule has 1 atom stereocenters. The Hall–Kier alpha value is -0.900. The van der Waals surface area contributed by atoms with Crippen LogP contribution >= 0.6 is 15.9 Å². The van der Waals surface area contributed by atoms with Crippen LogP contribution in [-0.2, 0) is 0 Å². The van der Waals surface area contributed by atoms with Gasteiger partial charge in [0.2, 0.25) is 0 Å². The third-order valence-electron chi connectivity index (χ3n) is 2.36. The SMILES string of the molecule is CCCC(C)Nc1cc(Br)cc(F)c1C=N. The summed E-state index contributed by atoms with van der Waals surface area (Å²) < 4.78 is 14.2. The second-order valence-corrected chi connectivity index (χ2v) is 4.74. The molecule has 0 saturated heterocycles. The molecule has 0 amide bonds. The summed E-state index contributed by atoms with van der Waals surface area (Å²) in [5.74, 6) is -0.379. The predicted octanol–water partition coefficient (Wildman–Crippen LogP) is 4.19. The maximum Gasteiger partial charge on any atom is 0.135 e. The molecule has 0 aliphatic carbocycles. The lowest BCUT2D eigenvalue weighted by atomic mass is 10.1. The van der Waals surface area contributed by atoms with Crippen LogP contribution in [0.3, 0.4) is 0 Å². The van der Waals surface area contributed by atoms with Crippen LogP contribution in [0.1, 0.15) is 32.3 Å². The molecule has 1 aromatic rings. The molecule has 1 rings (SSSR count). The molecular formula is C12H16BrFN2. The van der Waals surface area contributed by atoms with Crippen molar-refractivity contribution < 1.29 is 4.39 Å². The van der Waals surface area contributed by atoms with Gasteiger partial charge in [-0.25, -0.2) is 4.39 Å².